The van der Waals surface area contributed by atoms with Gasteiger partial charge in [0.25, 0.3) is 0 Å². The second-order valence-electron chi connectivity index (χ2n) is 4.55. The van der Waals surface area contributed by atoms with Crippen molar-refractivity contribution in [2.24, 2.45) is 5.11 Å². The molecule has 2 rings (SSSR count). The Kier molecular flexibility index (Phi) is 4.26. The van der Waals surface area contributed by atoms with Gasteiger partial charge in [0.15, 0.2) is 0 Å². The molecule has 0 radical (unpaired) electrons. The summed E-state index contributed by atoms with van der Waals surface area (Å²) in [5.41, 5.74) is 10.1. The number of amides is 1. The second kappa shape index (κ2) is 6.11. The molecule has 100 valence electrons. The highest BCUT2D eigenvalue weighted by atomic mass is 16.2. The number of rotatable bonds is 2. The zero-order chi connectivity index (χ0) is 13.7. The molecule has 1 amide bonds. The Balaban J connectivity index is 2.05. The lowest BCUT2D eigenvalue weighted by molar-refractivity contribution is -0.128. The number of hydrogen-bond donors (Lipinski definition) is 0. The molecule has 1 aromatic carbocycles. The molecule has 1 aliphatic heterocycles. The van der Waals surface area contributed by atoms with Crippen molar-refractivity contribution in [3.63, 3.8) is 0 Å². The Hall–Kier alpha value is -2.20. The van der Waals surface area contributed by atoms with E-state index in [2.05, 4.69) is 14.9 Å². The van der Waals surface area contributed by atoms with Crippen LogP contribution in [0, 0.1) is 0 Å². The van der Waals surface area contributed by atoms with Gasteiger partial charge in [-0.15, -0.1) is 0 Å². The third-order valence-electron chi connectivity index (χ3n) is 3.32. The molecule has 0 unspecified atom stereocenters. The number of hydrogen-bond acceptors (Lipinski definition) is 3. The van der Waals surface area contributed by atoms with Gasteiger partial charge < -0.3 is 9.80 Å². The third kappa shape index (κ3) is 3.39. The smallest absolute Gasteiger partial charge is 0.219 e. The molecule has 0 spiro atoms. The first-order valence-electron chi connectivity index (χ1n) is 6.36. The first-order chi connectivity index (χ1) is 9.20. The van der Waals surface area contributed by atoms with Crippen LogP contribution in [-0.4, -0.2) is 37.0 Å². The van der Waals surface area contributed by atoms with Gasteiger partial charge in [0.05, 0.1) is 0 Å². The van der Waals surface area contributed by atoms with Crippen molar-refractivity contribution in [1.82, 2.24) is 4.90 Å². The Morgan fingerprint density at radius 1 is 1.21 bits per heavy atom. The SMILES string of the molecule is CC(=O)N1CCCN(c2ccc(N=[N+]=[N-])cc2)CC1. The van der Waals surface area contributed by atoms with E-state index in [0.29, 0.717) is 5.69 Å². The predicted molar refractivity (Wildman–Crippen MR) is 74.3 cm³/mol. The van der Waals surface area contributed by atoms with Gasteiger partial charge in [-0.2, -0.15) is 0 Å². The molecule has 1 aliphatic rings. The maximum atomic E-state index is 11.4. The summed E-state index contributed by atoms with van der Waals surface area (Å²) in [4.78, 5) is 18.3. The Morgan fingerprint density at radius 2 is 1.95 bits per heavy atom. The Bertz CT molecular complexity index is 492. The molecule has 0 saturated carbocycles. The van der Waals surface area contributed by atoms with Crippen molar-refractivity contribution >= 4 is 17.3 Å². The van der Waals surface area contributed by atoms with E-state index in [-0.39, 0.29) is 5.91 Å². The van der Waals surface area contributed by atoms with Crippen molar-refractivity contribution in [1.29, 1.82) is 0 Å². The fraction of sp³-hybridized carbons (Fsp3) is 0.462. The number of carbonyl (C=O) groups is 1. The highest BCUT2D eigenvalue weighted by Gasteiger charge is 2.16. The molecular formula is C13H17N5O. The van der Waals surface area contributed by atoms with Crippen LogP contribution in [0.2, 0.25) is 0 Å². The van der Waals surface area contributed by atoms with Crippen LogP contribution in [0.1, 0.15) is 13.3 Å². The molecule has 0 aliphatic carbocycles. The van der Waals surface area contributed by atoms with E-state index in [0.717, 1.165) is 38.3 Å². The zero-order valence-corrected chi connectivity index (χ0v) is 11.0. The average molecular weight is 259 g/mol. The molecule has 1 aromatic rings. The summed E-state index contributed by atoms with van der Waals surface area (Å²) in [5, 5.41) is 3.56. The van der Waals surface area contributed by atoms with Crippen LogP contribution in [0.5, 0.6) is 0 Å². The molecule has 1 saturated heterocycles. The molecule has 0 atom stereocenters. The van der Waals surface area contributed by atoms with Crippen LogP contribution in [0.15, 0.2) is 29.4 Å². The van der Waals surface area contributed by atoms with Crippen molar-refractivity contribution in [3.05, 3.63) is 34.7 Å². The maximum Gasteiger partial charge on any atom is 0.219 e. The lowest BCUT2D eigenvalue weighted by Crippen LogP contribution is -2.33. The monoisotopic (exact) mass is 259 g/mol. The summed E-state index contributed by atoms with van der Waals surface area (Å²) in [6.45, 7) is 4.96. The normalized spacial score (nSPS) is 15.6. The van der Waals surface area contributed by atoms with E-state index >= 15 is 0 Å². The Labute approximate surface area is 112 Å². The van der Waals surface area contributed by atoms with Crippen LogP contribution in [0.3, 0.4) is 0 Å². The minimum atomic E-state index is 0.139. The molecule has 6 nitrogen and oxygen atoms in total. The topological polar surface area (TPSA) is 72.3 Å². The van der Waals surface area contributed by atoms with Gasteiger partial charge in [-0.3, -0.25) is 4.79 Å². The van der Waals surface area contributed by atoms with Crippen molar-refractivity contribution < 1.29 is 4.79 Å². The molecule has 19 heavy (non-hydrogen) atoms. The number of benzene rings is 1. The number of azide groups is 1. The van der Waals surface area contributed by atoms with Gasteiger partial charge >= 0.3 is 0 Å². The lowest BCUT2D eigenvalue weighted by Gasteiger charge is -2.23. The Morgan fingerprint density at radius 3 is 2.58 bits per heavy atom. The van der Waals surface area contributed by atoms with Crippen LogP contribution in [0.25, 0.3) is 10.4 Å². The summed E-state index contributed by atoms with van der Waals surface area (Å²) in [6.07, 6.45) is 0.970. The summed E-state index contributed by atoms with van der Waals surface area (Å²) in [7, 11) is 0. The number of carbonyl (C=O) groups excluding carboxylic acids is 1. The van der Waals surface area contributed by atoms with Crippen LogP contribution >= 0.6 is 0 Å². The standard InChI is InChI=1S/C13H17N5O/c1-11(19)17-7-2-8-18(10-9-17)13-5-3-12(4-6-13)15-16-14/h3-6H,2,7-10H2,1H3. The fourth-order valence-electron chi connectivity index (χ4n) is 2.27. The zero-order valence-electron chi connectivity index (χ0n) is 11.0. The molecular weight excluding hydrogens is 242 g/mol. The van der Waals surface area contributed by atoms with E-state index in [1.165, 1.54) is 0 Å². The van der Waals surface area contributed by atoms with Gasteiger partial charge in [0.1, 0.15) is 0 Å². The van der Waals surface area contributed by atoms with E-state index in [4.69, 9.17) is 5.53 Å². The van der Waals surface area contributed by atoms with Crippen LogP contribution in [-0.2, 0) is 4.79 Å². The van der Waals surface area contributed by atoms with Gasteiger partial charge in [0, 0.05) is 49.4 Å². The lowest BCUT2D eigenvalue weighted by atomic mass is 10.2. The fourth-order valence-corrected chi connectivity index (χ4v) is 2.27. The van der Waals surface area contributed by atoms with Gasteiger partial charge in [-0.25, -0.2) is 0 Å². The first-order valence-corrected chi connectivity index (χ1v) is 6.36. The van der Waals surface area contributed by atoms with E-state index in [1.807, 2.05) is 29.2 Å². The summed E-state index contributed by atoms with van der Waals surface area (Å²) < 4.78 is 0. The van der Waals surface area contributed by atoms with Gasteiger partial charge in [0.2, 0.25) is 5.91 Å². The second-order valence-corrected chi connectivity index (χ2v) is 4.55. The van der Waals surface area contributed by atoms with Crippen LogP contribution < -0.4 is 4.90 Å². The van der Waals surface area contributed by atoms with Crippen LogP contribution in [0.4, 0.5) is 11.4 Å². The van der Waals surface area contributed by atoms with E-state index in [1.54, 1.807) is 6.92 Å². The quantitative estimate of drug-likeness (QED) is 0.465. The minimum Gasteiger partial charge on any atom is -0.370 e. The highest BCUT2D eigenvalue weighted by molar-refractivity contribution is 5.73. The maximum absolute atomic E-state index is 11.4. The number of anilines is 1. The summed E-state index contributed by atoms with van der Waals surface area (Å²) >= 11 is 0. The molecule has 0 bridgehead atoms. The van der Waals surface area contributed by atoms with Gasteiger partial charge in [-0.05, 0) is 24.1 Å². The largest absolute Gasteiger partial charge is 0.370 e. The van der Waals surface area contributed by atoms with Crippen molar-refractivity contribution in [2.75, 3.05) is 31.1 Å². The molecule has 0 N–H and O–H groups in total. The third-order valence-corrected chi connectivity index (χ3v) is 3.32. The molecule has 6 heteroatoms. The number of nitrogens with zero attached hydrogens (tertiary/aromatic N) is 5. The minimum absolute atomic E-state index is 0.139. The molecule has 1 heterocycles. The van der Waals surface area contributed by atoms with E-state index in [9.17, 15) is 4.79 Å². The predicted octanol–water partition coefficient (Wildman–Crippen LogP) is 2.69. The first kappa shape index (κ1) is 13.2. The van der Waals surface area contributed by atoms with E-state index < -0.39 is 0 Å². The molecule has 1 fully saturated rings. The summed E-state index contributed by atoms with van der Waals surface area (Å²) in [5.74, 6) is 0.139. The average Bonchev–Trinajstić information content (AvgIpc) is 2.66. The van der Waals surface area contributed by atoms with Gasteiger partial charge in [-0.1, -0.05) is 17.2 Å². The van der Waals surface area contributed by atoms with Crippen molar-refractivity contribution in [2.45, 2.75) is 13.3 Å². The summed E-state index contributed by atoms with van der Waals surface area (Å²) in [6, 6.07) is 7.52. The molecule has 0 aromatic heterocycles. The van der Waals surface area contributed by atoms with Crippen molar-refractivity contribution in [3.8, 4) is 0 Å². The highest BCUT2D eigenvalue weighted by Crippen LogP contribution is 2.21.